The number of hydrazine groups is 1. The van der Waals surface area contributed by atoms with E-state index in [2.05, 4.69) is 25.8 Å². The maximum atomic E-state index is 12.6. The van der Waals surface area contributed by atoms with Crippen LogP contribution >= 0.6 is 0 Å². The van der Waals surface area contributed by atoms with Crippen molar-refractivity contribution >= 4 is 22.6 Å². The second-order valence-electron chi connectivity index (χ2n) is 7.83. The van der Waals surface area contributed by atoms with Gasteiger partial charge in [0.2, 0.25) is 5.65 Å². The summed E-state index contributed by atoms with van der Waals surface area (Å²) < 4.78 is 1.59. The summed E-state index contributed by atoms with van der Waals surface area (Å²) >= 11 is 0. The summed E-state index contributed by atoms with van der Waals surface area (Å²) in [5, 5.41) is 23.1. The first kappa shape index (κ1) is 20.6. The quantitative estimate of drug-likeness (QED) is 0.235. The van der Waals surface area contributed by atoms with Gasteiger partial charge in [0, 0.05) is 16.7 Å². The zero-order valence-corrected chi connectivity index (χ0v) is 18.3. The average molecular weight is 458 g/mol. The molecule has 9 heteroatoms. The molecule has 0 bridgehead atoms. The minimum absolute atomic E-state index is 0.0523. The molecule has 0 atom stereocenters. The molecule has 3 aromatic carbocycles. The first-order valence-electron chi connectivity index (χ1n) is 10.9. The van der Waals surface area contributed by atoms with Gasteiger partial charge in [-0.2, -0.15) is 0 Å². The highest BCUT2D eigenvalue weighted by Gasteiger charge is 2.25. The number of hydrogen-bond donors (Lipinski definition) is 2. The summed E-state index contributed by atoms with van der Waals surface area (Å²) in [6, 6.07) is 29.1. The molecule has 1 amide bonds. The molecule has 3 N–H and O–H groups in total. The van der Waals surface area contributed by atoms with Crippen molar-refractivity contribution in [2.45, 2.75) is 0 Å². The average Bonchev–Trinajstić information content (AvgIpc) is 3.31. The lowest BCUT2D eigenvalue weighted by Gasteiger charge is -2.11. The Morgan fingerprint density at radius 1 is 0.714 bits per heavy atom. The Labute approximate surface area is 199 Å². The van der Waals surface area contributed by atoms with Gasteiger partial charge in [0.15, 0.2) is 11.3 Å². The second kappa shape index (κ2) is 8.40. The lowest BCUT2D eigenvalue weighted by atomic mass is 9.97. The fourth-order valence-corrected chi connectivity index (χ4v) is 4.21. The van der Waals surface area contributed by atoms with Crippen LogP contribution in [-0.2, 0) is 0 Å². The van der Waals surface area contributed by atoms with E-state index in [0.717, 1.165) is 22.3 Å². The highest BCUT2D eigenvalue weighted by Crippen LogP contribution is 2.38. The predicted molar refractivity (Wildman–Crippen MR) is 132 cm³/mol. The van der Waals surface area contributed by atoms with Crippen molar-refractivity contribution in [2.75, 3.05) is 0 Å². The molecule has 168 valence electrons. The Hall–Kier alpha value is -5.02. The van der Waals surface area contributed by atoms with Gasteiger partial charge in [-0.15, -0.1) is 25.5 Å². The molecular weight excluding hydrogens is 440 g/mol. The van der Waals surface area contributed by atoms with E-state index in [1.165, 1.54) is 0 Å². The van der Waals surface area contributed by atoms with Gasteiger partial charge in [0.05, 0.1) is 5.39 Å². The topological polar surface area (TPSA) is 124 Å². The van der Waals surface area contributed by atoms with Gasteiger partial charge in [-0.3, -0.25) is 10.2 Å². The Kier molecular flexibility index (Phi) is 4.94. The summed E-state index contributed by atoms with van der Waals surface area (Å²) in [4.78, 5) is 12.6. The Morgan fingerprint density at radius 2 is 1.31 bits per heavy atom. The van der Waals surface area contributed by atoms with Crippen LogP contribution in [-0.4, -0.2) is 35.9 Å². The van der Waals surface area contributed by atoms with Crippen molar-refractivity contribution in [3.05, 3.63) is 96.7 Å². The summed E-state index contributed by atoms with van der Waals surface area (Å²) in [6.07, 6.45) is 0. The number of nitrogens with one attached hydrogen (secondary N) is 1. The number of rotatable bonds is 4. The molecule has 3 heterocycles. The zero-order valence-electron chi connectivity index (χ0n) is 18.3. The number of fused-ring (bicyclic) bond motifs is 3. The van der Waals surface area contributed by atoms with Crippen molar-refractivity contribution < 1.29 is 4.79 Å². The fourth-order valence-electron chi connectivity index (χ4n) is 4.21. The number of hydrogen-bond acceptors (Lipinski definition) is 7. The summed E-state index contributed by atoms with van der Waals surface area (Å²) in [5.41, 5.74) is 7.62. The van der Waals surface area contributed by atoms with Crippen LogP contribution in [0.3, 0.4) is 0 Å². The van der Waals surface area contributed by atoms with Crippen LogP contribution in [0.15, 0.2) is 91.0 Å². The number of carbonyl (C=O) groups excluding carboxylic acids is 1. The maximum absolute atomic E-state index is 12.6. The van der Waals surface area contributed by atoms with Gasteiger partial charge in [-0.1, -0.05) is 91.0 Å². The zero-order chi connectivity index (χ0) is 23.8. The van der Waals surface area contributed by atoms with Crippen molar-refractivity contribution in [2.24, 2.45) is 5.84 Å². The predicted octanol–water partition coefficient (Wildman–Crippen LogP) is 3.67. The Morgan fingerprint density at radius 3 is 1.94 bits per heavy atom. The Balaban J connectivity index is 1.77. The molecule has 0 unspecified atom stereocenters. The highest BCUT2D eigenvalue weighted by atomic mass is 16.2. The molecule has 0 radical (unpaired) electrons. The smallest absolute Gasteiger partial charge is 0.287 e. The largest absolute Gasteiger partial charge is 0.289 e. The molecule has 9 nitrogen and oxygen atoms in total. The molecule has 6 rings (SSSR count). The van der Waals surface area contributed by atoms with Gasteiger partial charge in [0.25, 0.3) is 5.91 Å². The first-order chi connectivity index (χ1) is 17.3. The maximum Gasteiger partial charge on any atom is 0.287 e. The minimum atomic E-state index is -0.572. The van der Waals surface area contributed by atoms with Crippen LogP contribution in [0.5, 0.6) is 0 Å². The normalized spacial score (nSPS) is 11.1. The van der Waals surface area contributed by atoms with E-state index in [9.17, 15) is 4.79 Å². The molecule has 0 saturated heterocycles. The number of benzene rings is 3. The first-order valence-corrected chi connectivity index (χ1v) is 10.9. The van der Waals surface area contributed by atoms with E-state index in [1.54, 1.807) is 4.52 Å². The molecule has 3 aromatic heterocycles. The lowest BCUT2D eigenvalue weighted by molar-refractivity contribution is 0.0948. The number of nitrogens with two attached hydrogens (primary N) is 1. The van der Waals surface area contributed by atoms with Crippen molar-refractivity contribution in [1.29, 1.82) is 0 Å². The van der Waals surface area contributed by atoms with Crippen molar-refractivity contribution in [3.63, 3.8) is 0 Å². The molecule has 6 aromatic rings. The van der Waals surface area contributed by atoms with Crippen LogP contribution in [0.2, 0.25) is 0 Å². The lowest BCUT2D eigenvalue weighted by Crippen LogP contribution is -2.32. The molecule has 0 aliphatic carbocycles. The van der Waals surface area contributed by atoms with Crippen LogP contribution in [0.4, 0.5) is 0 Å². The van der Waals surface area contributed by atoms with Gasteiger partial charge in [-0.25, -0.2) is 10.4 Å². The van der Waals surface area contributed by atoms with E-state index in [1.807, 2.05) is 91.0 Å². The third-order valence-electron chi connectivity index (χ3n) is 5.76. The monoisotopic (exact) mass is 458 g/mol. The molecule has 0 fully saturated rings. The third kappa shape index (κ3) is 3.38. The van der Waals surface area contributed by atoms with Gasteiger partial charge in [-0.05, 0) is 5.56 Å². The molecule has 0 aliphatic rings. The van der Waals surface area contributed by atoms with Crippen molar-refractivity contribution in [1.82, 2.24) is 35.4 Å². The highest BCUT2D eigenvalue weighted by molar-refractivity contribution is 6.08. The number of amides is 1. The van der Waals surface area contributed by atoms with E-state index in [0.29, 0.717) is 28.1 Å². The van der Waals surface area contributed by atoms with Crippen LogP contribution < -0.4 is 11.3 Å². The summed E-state index contributed by atoms with van der Waals surface area (Å²) in [7, 11) is 0. The molecule has 0 spiro atoms. The number of aromatic nitrogens is 6. The van der Waals surface area contributed by atoms with Crippen molar-refractivity contribution in [3.8, 4) is 33.6 Å². The van der Waals surface area contributed by atoms with Crippen LogP contribution in [0.25, 0.3) is 50.3 Å². The fraction of sp³-hybridized carbons (Fsp3) is 0. The van der Waals surface area contributed by atoms with Gasteiger partial charge >= 0.3 is 0 Å². The van der Waals surface area contributed by atoms with E-state index >= 15 is 0 Å². The number of nitrogen functional groups attached to an aromatic ring is 1. The van der Waals surface area contributed by atoms with E-state index in [4.69, 9.17) is 10.9 Å². The van der Waals surface area contributed by atoms with E-state index in [-0.39, 0.29) is 5.69 Å². The number of nitrogens with zero attached hydrogens (tertiary/aromatic N) is 6. The van der Waals surface area contributed by atoms with Crippen LogP contribution in [0, 0.1) is 0 Å². The van der Waals surface area contributed by atoms with Crippen LogP contribution in [0.1, 0.15) is 10.5 Å². The molecule has 0 aliphatic heterocycles. The third-order valence-corrected chi connectivity index (χ3v) is 5.76. The standard InChI is InChI=1S/C26H18N8O/c27-28-26(35)22-23(18-14-8-3-9-15-18)34-25(32-30-22)20-19(16-10-4-1-5-11-16)21(29-31-24(20)33-34)17-12-6-2-7-13-17/h1-15H,27H2,(H,28,35). The minimum Gasteiger partial charge on any atom is -0.289 e. The molecular formula is C26H18N8O. The molecule has 35 heavy (non-hydrogen) atoms. The SMILES string of the molecule is NNC(=O)c1nnc2c3c(-c4ccccc4)c(-c4ccccc4)nnc3nn2c1-c1ccccc1. The van der Waals surface area contributed by atoms with Gasteiger partial charge < -0.3 is 0 Å². The summed E-state index contributed by atoms with van der Waals surface area (Å²) in [6.45, 7) is 0. The second-order valence-corrected chi connectivity index (χ2v) is 7.83. The summed E-state index contributed by atoms with van der Waals surface area (Å²) in [5.74, 6) is 4.86. The molecule has 0 saturated carbocycles. The van der Waals surface area contributed by atoms with Gasteiger partial charge in [0.1, 0.15) is 11.4 Å². The Bertz CT molecular complexity index is 1680. The van der Waals surface area contributed by atoms with E-state index < -0.39 is 5.91 Å². The number of carbonyl (C=O) groups is 1.